The summed E-state index contributed by atoms with van der Waals surface area (Å²) < 4.78 is 1.21. The number of aromatic nitrogens is 1. The number of hydrogen-bond donors (Lipinski definition) is 2. The molecule has 0 spiro atoms. The molecule has 0 saturated carbocycles. The predicted octanol–water partition coefficient (Wildman–Crippen LogP) is 3.59. The number of nitrogens with zero attached hydrogens (tertiary/aromatic N) is 1. The topological polar surface area (TPSA) is 54.0 Å². The van der Waals surface area contributed by atoms with Crippen LogP contribution < -0.4 is 10.6 Å². The molecule has 0 atom stereocenters. The maximum absolute atomic E-state index is 12.1. The Morgan fingerprint density at radius 1 is 1.15 bits per heavy atom. The molecule has 0 aliphatic heterocycles. The first-order valence-corrected chi connectivity index (χ1v) is 7.06. The lowest BCUT2D eigenvalue weighted by molar-refractivity contribution is 0.102. The minimum absolute atomic E-state index is 0.206. The van der Waals surface area contributed by atoms with Crippen LogP contribution in [-0.2, 0) is 0 Å². The average Bonchev–Trinajstić information content (AvgIpc) is 2.95. The summed E-state index contributed by atoms with van der Waals surface area (Å²) in [6.07, 6.45) is 1.64. The van der Waals surface area contributed by atoms with Crippen molar-refractivity contribution in [1.29, 1.82) is 0 Å². The fourth-order valence-corrected chi connectivity index (χ4v) is 2.69. The molecule has 0 bridgehead atoms. The van der Waals surface area contributed by atoms with Crippen molar-refractivity contribution < 1.29 is 4.79 Å². The number of rotatable bonds is 3. The van der Waals surface area contributed by atoms with Gasteiger partial charge < -0.3 is 10.6 Å². The largest absolute Gasteiger partial charge is 0.387 e. The molecular formula is C15H13N3OS. The summed E-state index contributed by atoms with van der Waals surface area (Å²) in [7, 11) is 1.81. The first-order valence-electron chi connectivity index (χ1n) is 6.19. The first-order chi connectivity index (χ1) is 9.76. The minimum atomic E-state index is -0.206. The predicted molar refractivity (Wildman–Crippen MR) is 83.6 cm³/mol. The second-order valence-electron chi connectivity index (χ2n) is 4.31. The van der Waals surface area contributed by atoms with Crippen LogP contribution in [0.1, 0.15) is 10.5 Å². The first kappa shape index (κ1) is 12.6. The van der Waals surface area contributed by atoms with E-state index in [1.165, 1.54) is 4.70 Å². The highest BCUT2D eigenvalue weighted by Crippen LogP contribution is 2.24. The maximum atomic E-state index is 12.1. The molecule has 100 valence electrons. The summed E-state index contributed by atoms with van der Waals surface area (Å²) in [5.41, 5.74) is 2.05. The average molecular weight is 283 g/mol. The highest BCUT2D eigenvalue weighted by atomic mass is 32.1. The van der Waals surface area contributed by atoms with Gasteiger partial charge in [-0.1, -0.05) is 0 Å². The normalized spacial score (nSPS) is 10.4. The van der Waals surface area contributed by atoms with Crippen LogP contribution in [0.25, 0.3) is 10.1 Å². The molecule has 0 unspecified atom stereocenters. The number of amides is 1. The van der Waals surface area contributed by atoms with Crippen molar-refractivity contribution in [2.75, 3.05) is 17.7 Å². The lowest BCUT2D eigenvalue weighted by Crippen LogP contribution is -2.13. The number of anilines is 2. The van der Waals surface area contributed by atoms with Crippen LogP contribution in [0, 0.1) is 0 Å². The Hall–Kier alpha value is -2.40. The molecule has 2 N–H and O–H groups in total. The van der Waals surface area contributed by atoms with Crippen molar-refractivity contribution in [3.05, 3.63) is 53.7 Å². The zero-order valence-electron chi connectivity index (χ0n) is 10.9. The van der Waals surface area contributed by atoms with E-state index in [4.69, 9.17) is 0 Å². The maximum Gasteiger partial charge on any atom is 0.274 e. The van der Waals surface area contributed by atoms with E-state index in [0.29, 0.717) is 5.69 Å². The molecule has 0 aliphatic carbocycles. The molecule has 0 radical (unpaired) electrons. The van der Waals surface area contributed by atoms with E-state index >= 15 is 0 Å². The molecule has 1 aromatic carbocycles. The monoisotopic (exact) mass is 283 g/mol. The van der Waals surface area contributed by atoms with E-state index in [1.807, 2.05) is 42.8 Å². The second kappa shape index (κ2) is 5.30. The number of carbonyl (C=O) groups excluding carboxylic acids is 1. The van der Waals surface area contributed by atoms with Gasteiger partial charge in [-0.25, -0.2) is 4.98 Å². The third-order valence-corrected chi connectivity index (χ3v) is 3.89. The molecule has 0 aliphatic rings. The standard InChI is InChI=1S/C15H13N3OS/c1-16-12-2-4-13(17-9-12)15(19)18-11-3-5-14-10(8-11)6-7-20-14/h2-9,16H,1H3,(H,18,19). The fourth-order valence-electron chi connectivity index (χ4n) is 1.92. The number of pyridine rings is 1. The van der Waals surface area contributed by atoms with Crippen molar-refractivity contribution in [1.82, 2.24) is 4.98 Å². The van der Waals surface area contributed by atoms with Crippen LogP contribution in [0.15, 0.2) is 48.0 Å². The van der Waals surface area contributed by atoms with Crippen molar-refractivity contribution in [2.45, 2.75) is 0 Å². The van der Waals surface area contributed by atoms with Gasteiger partial charge in [0.15, 0.2) is 0 Å². The van der Waals surface area contributed by atoms with Crippen LogP contribution in [0.3, 0.4) is 0 Å². The van der Waals surface area contributed by atoms with Crippen molar-refractivity contribution in [3.8, 4) is 0 Å². The summed E-state index contributed by atoms with van der Waals surface area (Å²) >= 11 is 1.68. The fraction of sp³-hybridized carbons (Fsp3) is 0.0667. The lowest BCUT2D eigenvalue weighted by atomic mass is 10.2. The summed E-state index contributed by atoms with van der Waals surface area (Å²) in [5, 5.41) is 8.99. The summed E-state index contributed by atoms with van der Waals surface area (Å²) in [5.74, 6) is -0.206. The zero-order chi connectivity index (χ0) is 13.9. The molecule has 0 fully saturated rings. The van der Waals surface area contributed by atoms with Gasteiger partial charge in [0.1, 0.15) is 5.69 Å². The van der Waals surface area contributed by atoms with Gasteiger partial charge in [0.05, 0.1) is 11.9 Å². The molecule has 3 aromatic rings. The SMILES string of the molecule is CNc1ccc(C(=O)Nc2ccc3sccc3c2)nc1. The quantitative estimate of drug-likeness (QED) is 0.772. The molecule has 1 amide bonds. The van der Waals surface area contributed by atoms with Gasteiger partial charge in [-0.3, -0.25) is 4.79 Å². The number of fused-ring (bicyclic) bond motifs is 1. The van der Waals surface area contributed by atoms with Crippen molar-refractivity contribution in [3.63, 3.8) is 0 Å². The zero-order valence-corrected chi connectivity index (χ0v) is 11.7. The van der Waals surface area contributed by atoms with Gasteiger partial charge in [-0.15, -0.1) is 11.3 Å². The van der Waals surface area contributed by atoms with Gasteiger partial charge >= 0.3 is 0 Å². The summed E-state index contributed by atoms with van der Waals surface area (Å²) in [6.45, 7) is 0. The number of nitrogens with one attached hydrogen (secondary N) is 2. The van der Waals surface area contributed by atoms with Gasteiger partial charge in [-0.2, -0.15) is 0 Å². The Morgan fingerprint density at radius 3 is 2.75 bits per heavy atom. The Morgan fingerprint density at radius 2 is 2.00 bits per heavy atom. The van der Waals surface area contributed by atoms with Crippen LogP contribution in [-0.4, -0.2) is 17.9 Å². The molecule has 3 rings (SSSR count). The van der Waals surface area contributed by atoms with E-state index in [9.17, 15) is 4.79 Å². The van der Waals surface area contributed by atoms with E-state index < -0.39 is 0 Å². The Kier molecular flexibility index (Phi) is 3.35. The highest BCUT2D eigenvalue weighted by molar-refractivity contribution is 7.17. The van der Waals surface area contributed by atoms with Crippen molar-refractivity contribution >= 4 is 38.7 Å². The number of benzene rings is 1. The van der Waals surface area contributed by atoms with Crippen LogP contribution in [0.5, 0.6) is 0 Å². The van der Waals surface area contributed by atoms with Gasteiger partial charge in [0.25, 0.3) is 5.91 Å². The molecule has 2 heterocycles. The molecule has 2 aromatic heterocycles. The summed E-state index contributed by atoms with van der Waals surface area (Å²) in [6, 6.07) is 11.4. The Bertz CT molecular complexity index is 749. The lowest BCUT2D eigenvalue weighted by Gasteiger charge is -2.05. The minimum Gasteiger partial charge on any atom is -0.387 e. The number of hydrogen-bond acceptors (Lipinski definition) is 4. The van der Waals surface area contributed by atoms with Gasteiger partial charge in [0, 0.05) is 17.4 Å². The summed E-state index contributed by atoms with van der Waals surface area (Å²) in [4.78, 5) is 16.2. The van der Waals surface area contributed by atoms with E-state index in [1.54, 1.807) is 23.6 Å². The van der Waals surface area contributed by atoms with Crippen molar-refractivity contribution in [2.24, 2.45) is 0 Å². The van der Waals surface area contributed by atoms with Crippen LogP contribution in [0.2, 0.25) is 0 Å². The van der Waals surface area contributed by atoms with Crippen LogP contribution in [0.4, 0.5) is 11.4 Å². The number of carbonyl (C=O) groups is 1. The molecular weight excluding hydrogens is 270 g/mol. The number of thiophene rings is 1. The van der Waals surface area contributed by atoms with E-state index in [2.05, 4.69) is 15.6 Å². The van der Waals surface area contributed by atoms with Gasteiger partial charge in [-0.05, 0) is 47.2 Å². The van der Waals surface area contributed by atoms with Gasteiger partial charge in [0.2, 0.25) is 0 Å². The third kappa shape index (κ3) is 2.48. The highest BCUT2D eigenvalue weighted by Gasteiger charge is 2.08. The van der Waals surface area contributed by atoms with Crippen LogP contribution >= 0.6 is 11.3 Å². The molecule has 0 saturated heterocycles. The van der Waals surface area contributed by atoms with E-state index in [0.717, 1.165) is 16.8 Å². The Labute approximate surface area is 120 Å². The third-order valence-electron chi connectivity index (χ3n) is 3.00. The molecule has 20 heavy (non-hydrogen) atoms. The molecule has 5 heteroatoms. The second-order valence-corrected chi connectivity index (χ2v) is 5.26. The van der Waals surface area contributed by atoms with E-state index in [-0.39, 0.29) is 5.91 Å². The Balaban J connectivity index is 1.80. The smallest absolute Gasteiger partial charge is 0.274 e. The molecule has 4 nitrogen and oxygen atoms in total.